The van der Waals surface area contributed by atoms with Crippen molar-refractivity contribution in [2.75, 3.05) is 19.6 Å². The molecule has 0 saturated carbocycles. The fraction of sp³-hybridized carbons (Fsp3) is 0.588. The Kier molecular flexibility index (Phi) is 10.4. The maximum absolute atomic E-state index is 13.8. The van der Waals surface area contributed by atoms with Crippen LogP contribution in [0.25, 0.3) is 0 Å². The molecule has 0 fully saturated rings. The predicted octanol–water partition coefficient (Wildman–Crippen LogP) is 3.59. The summed E-state index contributed by atoms with van der Waals surface area (Å²) in [5.41, 5.74) is 0.455. The molecule has 0 aromatic heterocycles. The Morgan fingerprint density at radius 2 is 1.92 bits per heavy atom. The second-order valence-corrected chi connectivity index (χ2v) is 6.47. The lowest BCUT2D eigenvalue weighted by Crippen LogP contribution is -2.41. The van der Waals surface area contributed by atoms with Crippen LogP contribution < -0.4 is 16.0 Å². The van der Waals surface area contributed by atoms with E-state index in [1.165, 1.54) is 12.1 Å². The quantitative estimate of drug-likeness (QED) is 0.267. The van der Waals surface area contributed by atoms with Crippen molar-refractivity contribution in [2.45, 2.75) is 46.2 Å². The molecule has 0 aliphatic heterocycles. The molecule has 0 aliphatic carbocycles. The summed E-state index contributed by atoms with van der Waals surface area (Å²) in [6, 6.07) is 3.29. The first kappa shape index (κ1) is 23.0. The number of halogens is 3. The summed E-state index contributed by atoms with van der Waals surface area (Å²) in [4.78, 5) is 4.46. The van der Waals surface area contributed by atoms with Gasteiger partial charge in [0.15, 0.2) is 5.96 Å². The van der Waals surface area contributed by atoms with E-state index in [-0.39, 0.29) is 35.6 Å². The van der Waals surface area contributed by atoms with E-state index in [4.69, 9.17) is 0 Å². The molecule has 0 heterocycles. The zero-order valence-electron chi connectivity index (χ0n) is 15.0. The molecule has 1 unspecified atom stereocenters. The molecule has 0 spiro atoms. The van der Waals surface area contributed by atoms with Crippen molar-refractivity contribution in [3.8, 4) is 0 Å². The SMILES string of the molecule is CCNC(=NCCNC(C)(C)C)NC(C)c1ccc(F)cc1F.I. The lowest BCUT2D eigenvalue weighted by atomic mass is 10.1. The van der Waals surface area contributed by atoms with Gasteiger partial charge in [-0.1, -0.05) is 6.07 Å². The molecule has 3 N–H and O–H groups in total. The average molecular weight is 454 g/mol. The molecule has 24 heavy (non-hydrogen) atoms. The number of guanidine groups is 1. The first-order valence-electron chi connectivity index (χ1n) is 7.97. The first-order valence-corrected chi connectivity index (χ1v) is 7.97. The summed E-state index contributed by atoms with van der Waals surface area (Å²) in [5.74, 6) is -0.526. The zero-order valence-corrected chi connectivity index (χ0v) is 17.4. The summed E-state index contributed by atoms with van der Waals surface area (Å²) in [5, 5.41) is 9.62. The normalized spacial score (nSPS) is 13.2. The van der Waals surface area contributed by atoms with Crippen molar-refractivity contribution >= 4 is 29.9 Å². The van der Waals surface area contributed by atoms with E-state index in [0.29, 0.717) is 24.6 Å². The predicted molar refractivity (Wildman–Crippen MR) is 107 cm³/mol. The highest BCUT2D eigenvalue weighted by atomic mass is 127. The number of nitrogens with zero attached hydrogens (tertiary/aromatic N) is 1. The van der Waals surface area contributed by atoms with Gasteiger partial charge in [-0.25, -0.2) is 8.78 Å². The maximum atomic E-state index is 13.8. The minimum absolute atomic E-state index is 0. The van der Waals surface area contributed by atoms with Crippen molar-refractivity contribution in [2.24, 2.45) is 4.99 Å². The van der Waals surface area contributed by atoms with Crippen LogP contribution in [0.2, 0.25) is 0 Å². The number of benzene rings is 1. The summed E-state index contributed by atoms with van der Waals surface area (Å²) in [6.07, 6.45) is 0. The monoisotopic (exact) mass is 454 g/mol. The molecule has 1 atom stereocenters. The van der Waals surface area contributed by atoms with E-state index < -0.39 is 11.6 Å². The molecule has 138 valence electrons. The summed E-state index contributed by atoms with van der Waals surface area (Å²) in [7, 11) is 0. The molecule has 1 aromatic rings. The molecule has 4 nitrogen and oxygen atoms in total. The summed E-state index contributed by atoms with van der Waals surface area (Å²) < 4.78 is 26.8. The topological polar surface area (TPSA) is 48.5 Å². The van der Waals surface area contributed by atoms with Gasteiger partial charge in [0.2, 0.25) is 0 Å². The maximum Gasteiger partial charge on any atom is 0.191 e. The second kappa shape index (κ2) is 10.8. The van der Waals surface area contributed by atoms with Gasteiger partial charge < -0.3 is 16.0 Å². The second-order valence-electron chi connectivity index (χ2n) is 6.47. The molecule has 0 aliphatic rings. The molecule has 0 saturated heterocycles. The van der Waals surface area contributed by atoms with Gasteiger partial charge >= 0.3 is 0 Å². The van der Waals surface area contributed by atoms with Gasteiger partial charge in [0.1, 0.15) is 11.6 Å². The highest BCUT2D eigenvalue weighted by molar-refractivity contribution is 14.0. The Balaban J connectivity index is 0.00000529. The third-order valence-electron chi connectivity index (χ3n) is 3.16. The van der Waals surface area contributed by atoms with E-state index in [9.17, 15) is 8.78 Å². The Morgan fingerprint density at radius 3 is 2.46 bits per heavy atom. The largest absolute Gasteiger partial charge is 0.357 e. The number of nitrogens with one attached hydrogen (secondary N) is 3. The lowest BCUT2D eigenvalue weighted by molar-refractivity contribution is 0.432. The van der Waals surface area contributed by atoms with Crippen LogP contribution in [-0.2, 0) is 0 Å². The molecular weight excluding hydrogens is 425 g/mol. The first-order chi connectivity index (χ1) is 10.7. The van der Waals surface area contributed by atoms with Crippen LogP contribution in [0.3, 0.4) is 0 Å². The Hall–Kier alpha value is -0.960. The van der Waals surface area contributed by atoms with Gasteiger partial charge in [0.25, 0.3) is 0 Å². The fourth-order valence-corrected chi connectivity index (χ4v) is 2.05. The Labute approximate surface area is 160 Å². The van der Waals surface area contributed by atoms with Crippen molar-refractivity contribution in [1.29, 1.82) is 0 Å². The number of rotatable bonds is 6. The molecule has 7 heteroatoms. The summed E-state index contributed by atoms with van der Waals surface area (Å²) in [6.45, 7) is 12.1. The van der Waals surface area contributed by atoms with E-state index >= 15 is 0 Å². The molecule has 0 amide bonds. The minimum atomic E-state index is -0.577. The highest BCUT2D eigenvalue weighted by Gasteiger charge is 2.13. The lowest BCUT2D eigenvalue weighted by Gasteiger charge is -2.21. The van der Waals surface area contributed by atoms with Crippen molar-refractivity contribution in [1.82, 2.24) is 16.0 Å². The van der Waals surface area contributed by atoms with E-state index in [1.54, 1.807) is 0 Å². The third-order valence-corrected chi connectivity index (χ3v) is 3.16. The molecule has 1 rings (SSSR count). The van der Waals surface area contributed by atoms with Gasteiger partial charge in [0.05, 0.1) is 12.6 Å². The Morgan fingerprint density at radius 1 is 1.25 bits per heavy atom. The van der Waals surface area contributed by atoms with Crippen LogP contribution in [-0.4, -0.2) is 31.1 Å². The van der Waals surface area contributed by atoms with Crippen molar-refractivity contribution in [3.63, 3.8) is 0 Å². The van der Waals surface area contributed by atoms with E-state index in [0.717, 1.165) is 12.6 Å². The van der Waals surface area contributed by atoms with Crippen LogP contribution >= 0.6 is 24.0 Å². The fourth-order valence-electron chi connectivity index (χ4n) is 2.05. The third kappa shape index (κ3) is 8.77. The number of aliphatic imine (C=N–C) groups is 1. The average Bonchev–Trinajstić information content (AvgIpc) is 2.42. The highest BCUT2D eigenvalue weighted by Crippen LogP contribution is 2.17. The van der Waals surface area contributed by atoms with Gasteiger partial charge in [-0.3, -0.25) is 4.99 Å². The smallest absolute Gasteiger partial charge is 0.191 e. The van der Waals surface area contributed by atoms with Crippen molar-refractivity contribution in [3.05, 3.63) is 35.4 Å². The van der Waals surface area contributed by atoms with Crippen LogP contribution in [0.15, 0.2) is 23.2 Å². The van der Waals surface area contributed by atoms with Gasteiger partial charge in [-0.15, -0.1) is 24.0 Å². The molecule has 1 aromatic carbocycles. The van der Waals surface area contributed by atoms with Gasteiger partial charge in [-0.05, 0) is 40.7 Å². The van der Waals surface area contributed by atoms with Gasteiger partial charge in [-0.2, -0.15) is 0 Å². The van der Waals surface area contributed by atoms with Crippen LogP contribution in [0.5, 0.6) is 0 Å². The zero-order chi connectivity index (χ0) is 17.5. The van der Waals surface area contributed by atoms with Crippen LogP contribution in [0.1, 0.15) is 46.2 Å². The van der Waals surface area contributed by atoms with E-state index in [1.807, 2.05) is 13.8 Å². The van der Waals surface area contributed by atoms with Crippen LogP contribution in [0, 0.1) is 11.6 Å². The van der Waals surface area contributed by atoms with E-state index in [2.05, 4.69) is 41.7 Å². The molecule has 0 radical (unpaired) electrons. The van der Waals surface area contributed by atoms with Crippen LogP contribution in [0.4, 0.5) is 8.78 Å². The summed E-state index contributed by atoms with van der Waals surface area (Å²) >= 11 is 0. The minimum Gasteiger partial charge on any atom is -0.357 e. The number of hydrogen-bond acceptors (Lipinski definition) is 2. The standard InChI is InChI=1S/C17H28F2N4.HI/c1-6-20-16(21-9-10-22-17(3,4)5)23-12(2)14-8-7-13(18)11-15(14)19;/h7-8,11-12,22H,6,9-10H2,1-5H3,(H2,20,21,23);1H. The van der Waals surface area contributed by atoms with Gasteiger partial charge in [0, 0.05) is 30.3 Å². The Bertz CT molecular complexity index is 530. The molecular formula is C17H29F2IN4. The van der Waals surface area contributed by atoms with Crippen molar-refractivity contribution < 1.29 is 8.78 Å². The number of hydrogen-bond donors (Lipinski definition) is 3. The molecule has 0 bridgehead atoms.